The summed E-state index contributed by atoms with van der Waals surface area (Å²) in [6.07, 6.45) is 3.27. The molecule has 0 aliphatic heterocycles. The third kappa shape index (κ3) is 2.25. The normalized spacial score (nSPS) is 11.4. The number of benzene rings is 2. The Kier molecular flexibility index (Phi) is 3.24. The van der Waals surface area contributed by atoms with Crippen LogP contribution in [-0.2, 0) is 6.54 Å². The van der Waals surface area contributed by atoms with Crippen LogP contribution in [0.2, 0.25) is 0 Å². The lowest BCUT2D eigenvalue weighted by atomic mass is 10.1. The fourth-order valence-electron chi connectivity index (χ4n) is 3.21. The molecule has 0 aliphatic rings. The van der Waals surface area contributed by atoms with E-state index in [1.165, 1.54) is 11.9 Å². The van der Waals surface area contributed by atoms with E-state index in [1.807, 2.05) is 36.7 Å². The van der Waals surface area contributed by atoms with Crippen molar-refractivity contribution in [3.05, 3.63) is 60.7 Å². The molecule has 3 heterocycles. The highest BCUT2D eigenvalue weighted by Gasteiger charge is 2.14. The van der Waals surface area contributed by atoms with E-state index in [9.17, 15) is 0 Å². The van der Waals surface area contributed by atoms with Crippen molar-refractivity contribution in [1.29, 1.82) is 0 Å². The van der Waals surface area contributed by atoms with Gasteiger partial charge in [0, 0.05) is 11.9 Å². The van der Waals surface area contributed by atoms with Crippen LogP contribution in [0.4, 0.5) is 0 Å². The highest BCUT2D eigenvalue weighted by molar-refractivity contribution is 6.09. The standard InChI is InChI=1S/C19H14N6O/c1-26-19-17-13-7-15-16(8-14(13)23-24-18(17)20-10-21-19)25(11-22-15)9-12-5-3-2-4-6-12/h2-8,10-11H,9H2,1H3. The maximum absolute atomic E-state index is 5.39. The number of fused-ring (bicyclic) bond motifs is 4. The number of aromatic nitrogens is 6. The van der Waals surface area contributed by atoms with Crippen LogP contribution in [0.3, 0.4) is 0 Å². The zero-order chi connectivity index (χ0) is 17.5. The van der Waals surface area contributed by atoms with Crippen LogP contribution < -0.4 is 4.74 Å². The number of hydrogen-bond acceptors (Lipinski definition) is 6. The summed E-state index contributed by atoms with van der Waals surface area (Å²) in [6, 6.07) is 14.3. The molecule has 5 aromatic rings. The molecular weight excluding hydrogens is 328 g/mol. The molecule has 0 bridgehead atoms. The summed E-state index contributed by atoms with van der Waals surface area (Å²) in [5.41, 5.74) is 4.37. The van der Waals surface area contributed by atoms with Crippen LogP contribution in [0.5, 0.6) is 5.88 Å². The maximum atomic E-state index is 5.39. The fourth-order valence-corrected chi connectivity index (χ4v) is 3.21. The Balaban J connectivity index is 1.74. The van der Waals surface area contributed by atoms with Crippen molar-refractivity contribution in [3.8, 4) is 5.88 Å². The number of methoxy groups -OCH3 is 1. The minimum absolute atomic E-state index is 0.484. The van der Waals surface area contributed by atoms with Gasteiger partial charge in [-0.2, -0.15) is 0 Å². The lowest BCUT2D eigenvalue weighted by molar-refractivity contribution is 0.403. The Morgan fingerprint density at radius 3 is 2.69 bits per heavy atom. The summed E-state index contributed by atoms with van der Waals surface area (Å²) >= 11 is 0. The molecule has 126 valence electrons. The van der Waals surface area contributed by atoms with E-state index in [4.69, 9.17) is 4.74 Å². The average Bonchev–Trinajstić information content (AvgIpc) is 3.08. The molecule has 0 atom stereocenters. The van der Waals surface area contributed by atoms with E-state index in [0.29, 0.717) is 11.5 Å². The summed E-state index contributed by atoms with van der Waals surface area (Å²) < 4.78 is 7.49. The van der Waals surface area contributed by atoms with E-state index < -0.39 is 0 Å². The molecule has 0 amide bonds. The lowest BCUT2D eigenvalue weighted by Gasteiger charge is -2.07. The summed E-state index contributed by atoms with van der Waals surface area (Å²) in [4.78, 5) is 12.9. The molecule has 7 nitrogen and oxygen atoms in total. The highest BCUT2D eigenvalue weighted by Crippen LogP contribution is 2.30. The molecule has 0 saturated heterocycles. The zero-order valence-corrected chi connectivity index (χ0v) is 14.0. The molecule has 26 heavy (non-hydrogen) atoms. The van der Waals surface area contributed by atoms with Gasteiger partial charge in [0.25, 0.3) is 0 Å². The molecule has 0 spiro atoms. The quantitative estimate of drug-likeness (QED) is 0.469. The molecule has 2 aromatic carbocycles. The maximum Gasteiger partial charge on any atom is 0.226 e. The molecule has 0 saturated carbocycles. The van der Waals surface area contributed by atoms with Gasteiger partial charge in [0.15, 0.2) is 5.65 Å². The van der Waals surface area contributed by atoms with Gasteiger partial charge < -0.3 is 9.30 Å². The van der Waals surface area contributed by atoms with Gasteiger partial charge >= 0.3 is 0 Å². The Morgan fingerprint density at radius 1 is 0.962 bits per heavy atom. The number of hydrogen-bond donors (Lipinski definition) is 0. The van der Waals surface area contributed by atoms with Crippen molar-refractivity contribution in [2.45, 2.75) is 6.54 Å². The van der Waals surface area contributed by atoms with Gasteiger partial charge in [-0.3, -0.25) is 0 Å². The molecule has 0 aliphatic carbocycles. The van der Waals surface area contributed by atoms with Crippen LogP contribution in [0, 0.1) is 0 Å². The lowest BCUT2D eigenvalue weighted by Crippen LogP contribution is -1.99. The van der Waals surface area contributed by atoms with Crippen molar-refractivity contribution < 1.29 is 4.74 Å². The Morgan fingerprint density at radius 2 is 1.85 bits per heavy atom. The van der Waals surface area contributed by atoms with Gasteiger partial charge in [-0.1, -0.05) is 30.3 Å². The summed E-state index contributed by atoms with van der Waals surface area (Å²) in [7, 11) is 1.58. The van der Waals surface area contributed by atoms with Crippen LogP contribution in [0.15, 0.2) is 55.1 Å². The van der Waals surface area contributed by atoms with Crippen molar-refractivity contribution >= 4 is 33.0 Å². The summed E-state index contributed by atoms with van der Waals surface area (Å²) in [6.45, 7) is 0.746. The topological polar surface area (TPSA) is 78.6 Å². The second-order valence-corrected chi connectivity index (χ2v) is 6.00. The fraction of sp³-hybridized carbons (Fsp3) is 0.105. The third-order valence-corrected chi connectivity index (χ3v) is 4.44. The first-order valence-corrected chi connectivity index (χ1v) is 8.17. The smallest absolute Gasteiger partial charge is 0.226 e. The van der Waals surface area contributed by atoms with Gasteiger partial charge in [0.1, 0.15) is 6.33 Å². The molecule has 5 rings (SSSR count). The number of rotatable bonds is 3. The summed E-state index contributed by atoms with van der Waals surface area (Å²) in [5.74, 6) is 0.484. The van der Waals surface area contributed by atoms with E-state index in [2.05, 4.69) is 41.8 Å². The number of nitrogens with zero attached hydrogens (tertiary/aromatic N) is 6. The largest absolute Gasteiger partial charge is 0.480 e. The molecule has 0 unspecified atom stereocenters. The van der Waals surface area contributed by atoms with Crippen molar-refractivity contribution in [3.63, 3.8) is 0 Å². The Bertz CT molecular complexity index is 1250. The van der Waals surface area contributed by atoms with Gasteiger partial charge in [-0.05, 0) is 17.7 Å². The van der Waals surface area contributed by atoms with Crippen LogP contribution >= 0.6 is 0 Å². The van der Waals surface area contributed by atoms with Crippen LogP contribution in [-0.4, -0.2) is 36.8 Å². The first kappa shape index (κ1) is 14.7. The van der Waals surface area contributed by atoms with Gasteiger partial charge in [-0.25, -0.2) is 15.0 Å². The Hall–Kier alpha value is -3.61. The van der Waals surface area contributed by atoms with Crippen molar-refractivity contribution in [2.75, 3.05) is 7.11 Å². The number of imidazole rings is 1. The van der Waals surface area contributed by atoms with E-state index in [0.717, 1.165) is 33.9 Å². The molecule has 0 fully saturated rings. The average molecular weight is 342 g/mol. The minimum atomic E-state index is 0.484. The molecule has 0 radical (unpaired) electrons. The molecular formula is C19H14N6O. The van der Waals surface area contributed by atoms with E-state index >= 15 is 0 Å². The third-order valence-electron chi connectivity index (χ3n) is 4.44. The SMILES string of the molecule is COc1ncnc2nnc3cc4c(cc3c12)ncn4Cc1ccccc1. The second kappa shape index (κ2) is 5.73. The monoisotopic (exact) mass is 342 g/mol. The van der Waals surface area contributed by atoms with Crippen LogP contribution in [0.1, 0.15) is 5.56 Å². The van der Waals surface area contributed by atoms with Gasteiger partial charge in [0.2, 0.25) is 5.88 Å². The first-order valence-electron chi connectivity index (χ1n) is 8.17. The predicted octanol–water partition coefficient (Wildman–Crippen LogP) is 2.98. The van der Waals surface area contributed by atoms with E-state index in [1.54, 1.807) is 7.11 Å². The molecule has 3 aromatic heterocycles. The zero-order valence-electron chi connectivity index (χ0n) is 14.0. The Labute approximate surface area is 148 Å². The molecule has 7 heteroatoms. The first-order chi connectivity index (χ1) is 12.8. The van der Waals surface area contributed by atoms with Crippen molar-refractivity contribution in [2.24, 2.45) is 0 Å². The van der Waals surface area contributed by atoms with E-state index in [-0.39, 0.29) is 0 Å². The van der Waals surface area contributed by atoms with Gasteiger partial charge in [-0.15, -0.1) is 10.2 Å². The summed E-state index contributed by atoms with van der Waals surface area (Å²) in [5, 5.41) is 10.2. The minimum Gasteiger partial charge on any atom is -0.480 e. The highest BCUT2D eigenvalue weighted by atomic mass is 16.5. The van der Waals surface area contributed by atoms with Gasteiger partial charge in [0.05, 0.1) is 35.4 Å². The number of ether oxygens (including phenoxy) is 1. The van der Waals surface area contributed by atoms with Crippen molar-refractivity contribution in [1.82, 2.24) is 29.7 Å². The predicted molar refractivity (Wildman–Crippen MR) is 98.0 cm³/mol. The second-order valence-electron chi connectivity index (χ2n) is 6.00. The van der Waals surface area contributed by atoms with Crippen LogP contribution in [0.25, 0.3) is 33.0 Å². The molecule has 0 N–H and O–H groups in total.